The number of nitrogens with zero attached hydrogens (tertiary/aromatic N) is 1. The number of hydrogen-bond donors (Lipinski definition) is 2. The number of rotatable bonds is 4. The van der Waals surface area contributed by atoms with Crippen LogP contribution in [0.5, 0.6) is 0 Å². The van der Waals surface area contributed by atoms with Crippen LogP contribution in [-0.2, 0) is 6.42 Å². The van der Waals surface area contributed by atoms with Gasteiger partial charge in [0.15, 0.2) is 0 Å². The van der Waals surface area contributed by atoms with E-state index in [1.54, 1.807) is 18.2 Å². The van der Waals surface area contributed by atoms with Crippen molar-refractivity contribution in [3.05, 3.63) is 51.5 Å². The molecule has 0 bridgehead atoms. The second kappa shape index (κ2) is 6.04. The van der Waals surface area contributed by atoms with Crippen molar-refractivity contribution in [3.8, 4) is 0 Å². The van der Waals surface area contributed by atoms with E-state index in [1.165, 1.54) is 0 Å². The van der Waals surface area contributed by atoms with Gasteiger partial charge in [0.2, 0.25) is 5.95 Å². The van der Waals surface area contributed by atoms with E-state index in [0.717, 1.165) is 11.8 Å². The van der Waals surface area contributed by atoms with Gasteiger partial charge in [0.25, 0.3) is 5.91 Å². The molecule has 1 heterocycles. The van der Waals surface area contributed by atoms with E-state index >= 15 is 0 Å². The maximum Gasteiger partial charge on any atom is 0.257 e. The molecule has 0 radical (unpaired) electrons. The van der Waals surface area contributed by atoms with Crippen molar-refractivity contribution in [1.29, 1.82) is 0 Å². The summed E-state index contributed by atoms with van der Waals surface area (Å²) in [6.07, 6.45) is 1.67. The normalized spacial score (nSPS) is 10.5. The number of nitrogens with one attached hydrogen (secondary N) is 2. The van der Waals surface area contributed by atoms with Crippen molar-refractivity contribution < 1.29 is 9.18 Å². The molecule has 0 saturated heterocycles. The number of carbonyl (C=O) groups excluding carboxylic acids is 1. The molecule has 7 heteroatoms. The molecule has 4 nitrogen and oxygen atoms in total. The number of carbonyl (C=O) groups is 1. The van der Waals surface area contributed by atoms with Crippen LogP contribution < -0.4 is 5.32 Å². The molecule has 0 unspecified atom stereocenters. The quantitative estimate of drug-likeness (QED) is 0.912. The summed E-state index contributed by atoms with van der Waals surface area (Å²) < 4.78 is 13.0. The zero-order valence-corrected chi connectivity index (χ0v) is 11.2. The lowest BCUT2D eigenvalue weighted by molar-refractivity contribution is 0.0950. The number of halogens is 3. The fraction of sp³-hybridized carbons (Fsp3) is 0.167. The molecule has 0 aliphatic heterocycles. The maximum absolute atomic E-state index is 13.0. The fourth-order valence-corrected chi connectivity index (χ4v) is 2.06. The lowest BCUT2D eigenvalue weighted by Gasteiger charge is -2.06. The summed E-state index contributed by atoms with van der Waals surface area (Å²) in [7, 11) is 0. The summed E-state index contributed by atoms with van der Waals surface area (Å²) in [5.74, 6) is -1.27. The second-order valence-corrected chi connectivity index (χ2v) is 4.68. The highest BCUT2D eigenvalue weighted by atomic mass is 35.5. The fourth-order valence-electron chi connectivity index (χ4n) is 1.56. The molecule has 1 aromatic heterocycles. The molecule has 0 fully saturated rings. The SMILES string of the molecule is O=C(NCCc1ccc(Cl)cc1Cl)c1cn[nH]c1F. The first-order chi connectivity index (χ1) is 9.08. The third-order valence-electron chi connectivity index (χ3n) is 2.53. The van der Waals surface area contributed by atoms with Crippen molar-refractivity contribution in [3.63, 3.8) is 0 Å². The average Bonchev–Trinajstić information content (AvgIpc) is 2.78. The van der Waals surface area contributed by atoms with Gasteiger partial charge in [0.05, 0.1) is 6.20 Å². The third-order valence-corrected chi connectivity index (χ3v) is 3.12. The van der Waals surface area contributed by atoms with Crippen LogP contribution in [0.2, 0.25) is 10.0 Å². The largest absolute Gasteiger partial charge is 0.352 e. The standard InChI is InChI=1S/C12H10Cl2FN3O/c13-8-2-1-7(10(14)5-8)3-4-16-12(19)9-6-17-18-11(9)15/h1-2,5-6H,3-4H2,(H,16,19)(H,17,18). The summed E-state index contributed by atoms with van der Waals surface area (Å²) in [5.41, 5.74) is 0.751. The Morgan fingerprint density at radius 3 is 2.84 bits per heavy atom. The first-order valence-corrected chi connectivity index (χ1v) is 6.24. The molecule has 0 atom stereocenters. The summed E-state index contributed by atoms with van der Waals surface area (Å²) in [6, 6.07) is 5.14. The highest BCUT2D eigenvalue weighted by Gasteiger charge is 2.12. The third kappa shape index (κ3) is 3.45. The summed E-state index contributed by atoms with van der Waals surface area (Å²) in [5, 5.41) is 9.17. The van der Waals surface area contributed by atoms with Gasteiger partial charge in [-0.05, 0) is 24.1 Å². The van der Waals surface area contributed by atoms with Crippen molar-refractivity contribution in [2.75, 3.05) is 6.54 Å². The predicted molar refractivity (Wildman–Crippen MR) is 71.0 cm³/mol. The first kappa shape index (κ1) is 13.8. The number of H-pyrrole nitrogens is 1. The van der Waals surface area contributed by atoms with Crippen LogP contribution >= 0.6 is 23.2 Å². The monoisotopic (exact) mass is 301 g/mol. The van der Waals surface area contributed by atoms with E-state index in [0.29, 0.717) is 23.0 Å². The van der Waals surface area contributed by atoms with Crippen LogP contribution in [0.4, 0.5) is 4.39 Å². The van der Waals surface area contributed by atoms with Gasteiger partial charge in [-0.1, -0.05) is 29.3 Å². The molecule has 2 N–H and O–H groups in total. The van der Waals surface area contributed by atoms with Gasteiger partial charge >= 0.3 is 0 Å². The number of aromatic amines is 1. The molecule has 19 heavy (non-hydrogen) atoms. The van der Waals surface area contributed by atoms with E-state index in [2.05, 4.69) is 15.5 Å². The average molecular weight is 302 g/mol. The van der Waals surface area contributed by atoms with E-state index in [4.69, 9.17) is 23.2 Å². The minimum Gasteiger partial charge on any atom is -0.352 e. The lowest BCUT2D eigenvalue weighted by Crippen LogP contribution is -2.26. The minimum absolute atomic E-state index is 0.109. The van der Waals surface area contributed by atoms with Crippen molar-refractivity contribution >= 4 is 29.1 Å². The number of benzene rings is 1. The molecule has 1 aromatic carbocycles. The Labute approximate surface area is 118 Å². The highest BCUT2D eigenvalue weighted by Crippen LogP contribution is 2.21. The summed E-state index contributed by atoms with van der Waals surface area (Å²) in [4.78, 5) is 11.6. The lowest BCUT2D eigenvalue weighted by atomic mass is 10.1. The van der Waals surface area contributed by atoms with Crippen LogP contribution in [0.3, 0.4) is 0 Å². The number of aromatic nitrogens is 2. The van der Waals surface area contributed by atoms with Crippen LogP contribution in [0.15, 0.2) is 24.4 Å². The Kier molecular flexibility index (Phi) is 4.39. The molecule has 0 spiro atoms. The zero-order valence-electron chi connectivity index (χ0n) is 9.71. The molecule has 0 aliphatic carbocycles. The van der Waals surface area contributed by atoms with Gasteiger partial charge < -0.3 is 5.32 Å². The smallest absolute Gasteiger partial charge is 0.257 e. The van der Waals surface area contributed by atoms with Gasteiger partial charge in [0.1, 0.15) is 5.56 Å². The molecule has 0 saturated carbocycles. The van der Waals surface area contributed by atoms with E-state index in [1.807, 2.05) is 0 Å². The Morgan fingerprint density at radius 1 is 1.42 bits per heavy atom. The van der Waals surface area contributed by atoms with E-state index < -0.39 is 11.9 Å². The Balaban J connectivity index is 1.90. The van der Waals surface area contributed by atoms with E-state index in [-0.39, 0.29) is 5.56 Å². The van der Waals surface area contributed by atoms with E-state index in [9.17, 15) is 9.18 Å². The van der Waals surface area contributed by atoms with Crippen LogP contribution in [0, 0.1) is 5.95 Å². The molecular formula is C12H10Cl2FN3O. The molecule has 0 aliphatic rings. The topological polar surface area (TPSA) is 57.8 Å². The van der Waals surface area contributed by atoms with Crippen molar-refractivity contribution in [1.82, 2.24) is 15.5 Å². The van der Waals surface area contributed by atoms with Gasteiger partial charge in [-0.3, -0.25) is 9.89 Å². The zero-order chi connectivity index (χ0) is 13.8. The van der Waals surface area contributed by atoms with Crippen LogP contribution in [0.25, 0.3) is 0 Å². The van der Waals surface area contributed by atoms with Crippen LogP contribution in [-0.4, -0.2) is 22.6 Å². The van der Waals surface area contributed by atoms with Crippen LogP contribution in [0.1, 0.15) is 15.9 Å². The minimum atomic E-state index is -0.748. The first-order valence-electron chi connectivity index (χ1n) is 5.49. The molecule has 100 valence electrons. The highest BCUT2D eigenvalue weighted by molar-refractivity contribution is 6.35. The Morgan fingerprint density at radius 2 is 2.21 bits per heavy atom. The summed E-state index contributed by atoms with van der Waals surface area (Å²) >= 11 is 11.8. The van der Waals surface area contributed by atoms with Gasteiger partial charge in [0, 0.05) is 16.6 Å². The van der Waals surface area contributed by atoms with Crippen molar-refractivity contribution in [2.24, 2.45) is 0 Å². The summed E-state index contributed by atoms with van der Waals surface area (Å²) in [6.45, 7) is 0.338. The number of amides is 1. The maximum atomic E-state index is 13.0. The Bertz CT molecular complexity index is 600. The van der Waals surface area contributed by atoms with Gasteiger partial charge in [-0.2, -0.15) is 9.49 Å². The molecule has 2 rings (SSSR count). The molecule has 2 aromatic rings. The van der Waals surface area contributed by atoms with Crippen molar-refractivity contribution in [2.45, 2.75) is 6.42 Å². The second-order valence-electron chi connectivity index (χ2n) is 3.84. The van der Waals surface area contributed by atoms with Gasteiger partial charge in [-0.25, -0.2) is 0 Å². The Hall–Kier alpha value is -1.59. The van der Waals surface area contributed by atoms with Gasteiger partial charge in [-0.15, -0.1) is 0 Å². The molecular weight excluding hydrogens is 292 g/mol. The molecule has 1 amide bonds. The predicted octanol–water partition coefficient (Wildman–Crippen LogP) is 2.83. The number of hydrogen-bond acceptors (Lipinski definition) is 2.